The van der Waals surface area contributed by atoms with Gasteiger partial charge in [-0.1, -0.05) is 18.2 Å². The third kappa shape index (κ3) is 1.74. The van der Waals surface area contributed by atoms with Crippen LogP contribution in [0.4, 0.5) is 0 Å². The van der Waals surface area contributed by atoms with Crippen molar-refractivity contribution in [3.8, 4) is 6.07 Å². The van der Waals surface area contributed by atoms with E-state index in [9.17, 15) is 0 Å². The van der Waals surface area contributed by atoms with Gasteiger partial charge in [0, 0.05) is 24.3 Å². The minimum atomic E-state index is 0.677. The number of nitrogens with zero attached hydrogens (tertiary/aromatic N) is 3. The summed E-state index contributed by atoms with van der Waals surface area (Å²) in [6.07, 6.45) is 3.74. The molecule has 0 saturated carbocycles. The van der Waals surface area contributed by atoms with Crippen LogP contribution in [0, 0.1) is 11.3 Å². The van der Waals surface area contributed by atoms with Gasteiger partial charge in [0.15, 0.2) is 0 Å². The van der Waals surface area contributed by atoms with E-state index in [1.807, 2.05) is 53.4 Å². The van der Waals surface area contributed by atoms with E-state index in [4.69, 9.17) is 5.26 Å². The minimum Gasteiger partial charge on any atom is -0.335 e. The molecular formula is C15H11N3. The first-order valence-corrected chi connectivity index (χ1v) is 5.76. The number of hydrogen-bond donors (Lipinski definition) is 0. The Morgan fingerprint density at radius 2 is 2.00 bits per heavy atom. The minimum absolute atomic E-state index is 0.677. The Morgan fingerprint density at radius 1 is 1.11 bits per heavy atom. The predicted octanol–water partition coefficient (Wildman–Crippen LogP) is 2.96. The molecule has 18 heavy (non-hydrogen) atoms. The van der Waals surface area contributed by atoms with Gasteiger partial charge in [0.05, 0.1) is 5.52 Å². The van der Waals surface area contributed by atoms with Crippen LogP contribution in [0.5, 0.6) is 0 Å². The van der Waals surface area contributed by atoms with Crippen LogP contribution in [0.15, 0.2) is 54.9 Å². The summed E-state index contributed by atoms with van der Waals surface area (Å²) >= 11 is 0. The molecule has 0 aliphatic carbocycles. The fourth-order valence-corrected chi connectivity index (χ4v) is 2.13. The van der Waals surface area contributed by atoms with Gasteiger partial charge in [0.1, 0.15) is 11.8 Å². The van der Waals surface area contributed by atoms with Crippen LogP contribution < -0.4 is 0 Å². The van der Waals surface area contributed by atoms with Gasteiger partial charge in [-0.2, -0.15) is 5.26 Å². The lowest BCUT2D eigenvalue weighted by Gasteiger charge is -2.08. The van der Waals surface area contributed by atoms with Crippen molar-refractivity contribution in [2.45, 2.75) is 6.54 Å². The fourth-order valence-electron chi connectivity index (χ4n) is 2.13. The molecule has 0 fully saturated rings. The van der Waals surface area contributed by atoms with Crippen molar-refractivity contribution in [1.82, 2.24) is 9.55 Å². The van der Waals surface area contributed by atoms with Crippen molar-refractivity contribution in [1.29, 1.82) is 5.26 Å². The Morgan fingerprint density at radius 3 is 2.89 bits per heavy atom. The average molecular weight is 233 g/mol. The summed E-state index contributed by atoms with van der Waals surface area (Å²) in [6, 6.07) is 16.0. The summed E-state index contributed by atoms with van der Waals surface area (Å²) in [5.74, 6) is 0. The summed E-state index contributed by atoms with van der Waals surface area (Å²) in [5, 5.41) is 10.2. The topological polar surface area (TPSA) is 41.6 Å². The van der Waals surface area contributed by atoms with Crippen molar-refractivity contribution in [2.75, 3.05) is 0 Å². The first-order chi connectivity index (χ1) is 8.88. The number of nitriles is 1. The largest absolute Gasteiger partial charge is 0.335 e. The SMILES string of the molecule is N#Cc1cccn1Cc1ccnc2ccccc12. The van der Waals surface area contributed by atoms with Crippen LogP contribution in [0.25, 0.3) is 10.9 Å². The highest BCUT2D eigenvalue weighted by Crippen LogP contribution is 2.18. The maximum Gasteiger partial charge on any atom is 0.120 e. The Balaban J connectivity index is 2.08. The fraction of sp³-hybridized carbons (Fsp3) is 0.0667. The lowest BCUT2D eigenvalue weighted by molar-refractivity contribution is 0.798. The second kappa shape index (κ2) is 4.34. The zero-order chi connectivity index (χ0) is 12.4. The highest BCUT2D eigenvalue weighted by atomic mass is 15.0. The van der Waals surface area contributed by atoms with Gasteiger partial charge in [-0.25, -0.2) is 0 Å². The molecule has 0 aliphatic rings. The second-order valence-corrected chi connectivity index (χ2v) is 4.12. The first-order valence-electron chi connectivity index (χ1n) is 5.76. The smallest absolute Gasteiger partial charge is 0.120 e. The van der Waals surface area contributed by atoms with E-state index in [2.05, 4.69) is 17.1 Å². The molecule has 0 spiro atoms. The van der Waals surface area contributed by atoms with E-state index < -0.39 is 0 Å². The summed E-state index contributed by atoms with van der Waals surface area (Å²) in [6.45, 7) is 0.693. The maximum absolute atomic E-state index is 9.02. The number of fused-ring (bicyclic) bond motifs is 1. The van der Waals surface area contributed by atoms with Crippen LogP contribution in [-0.2, 0) is 6.54 Å². The van der Waals surface area contributed by atoms with Crippen LogP contribution in [0.1, 0.15) is 11.3 Å². The van der Waals surface area contributed by atoms with Gasteiger partial charge < -0.3 is 4.57 Å². The molecule has 0 N–H and O–H groups in total. The lowest BCUT2D eigenvalue weighted by atomic mass is 10.1. The highest BCUT2D eigenvalue weighted by Gasteiger charge is 2.04. The third-order valence-electron chi connectivity index (χ3n) is 3.02. The zero-order valence-corrected chi connectivity index (χ0v) is 9.74. The average Bonchev–Trinajstić information content (AvgIpc) is 2.86. The molecule has 1 aromatic carbocycles. The van der Waals surface area contributed by atoms with Crippen LogP contribution >= 0.6 is 0 Å². The molecule has 2 heterocycles. The van der Waals surface area contributed by atoms with Gasteiger partial charge >= 0.3 is 0 Å². The van der Waals surface area contributed by atoms with Crippen molar-refractivity contribution >= 4 is 10.9 Å². The molecule has 0 saturated heterocycles. The number of benzene rings is 1. The van der Waals surface area contributed by atoms with Gasteiger partial charge in [0.2, 0.25) is 0 Å². The molecule has 86 valence electrons. The van der Waals surface area contributed by atoms with Gasteiger partial charge in [-0.15, -0.1) is 0 Å². The van der Waals surface area contributed by atoms with Crippen molar-refractivity contribution < 1.29 is 0 Å². The number of rotatable bonds is 2. The second-order valence-electron chi connectivity index (χ2n) is 4.12. The Bertz CT molecular complexity index is 729. The summed E-state index contributed by atoms with van der Waals surface area (Å²) in [4.78, 5) is 4.34. The Kier molecular flexibility index (Phi) is 2.54. The molecule has 0 bridgehead atoms. The zero-order valence-electron chi connectivity index (χ0n) is 9.74. The third-order valence-corrected chi connectivity index (χ3v) is 3.02. The summed E-state index contributed by atoms with van der Waals surface area (Å²) in [5.41, 5.74) is 2.84. The quantitative estimate of drug-likeness (QED) is 0.682. The molecule has 3 aromatic rings. The van der Waals surface area contributed by atoms with E-state index in [-0.39, 0.29) is 0 Å². The van der Waals surface area contributed by atoms with Crippen LogP contribution in [0.3, 0.4) is 0 Å². The number of pyridine rings is 1. The molecule has 0 amide bonds. The van der Waals surface area contributed by atoms with Gasteiger partial charge in [-0.05, 0) is 29.8 Å². The maximum atomic E-state index is 9.02. The van der Waals surface area contributed by atoms with Crippen LogP contribution in [-0.4, -0.2) is 9.55 Å². The molecule has 3 heteroatoms. The number of hydrogen-bond acceptors (Lipinski definition) is 2. The van der Waals surface area contributed by atoms with Gasteiger partial charge in [-0.3, -0.25) is 4.98 Å². The van der Waals surface area contributed by atoms with Crippen molar-refractivity contribution in [2.24, 2.45) is 0 Å². The summed E-state index contributed by atoms with van der Waals surface area (Å²) in [7, 11) is 0. The highest BCUT2D eigenvalue weighted by molar-refractivity contribution is 5.81. The lowest BCUT2D eigenvalue weighted by Crippen LogP contribution is -2.01. The van der Waals surface area contributed by atoms with Crippen molar-refractivity contribution in [3.63, 3.8) is 0 Å². The molecule has 0 aliphatic heterocycles. The number of para-hydroxylation sites is 1. The van der Waals surface area contributed by atoms with Crippen molar-refractivity contribution in [3.05, 3.63) is 66.1 Å². The Hall–Kier alpha value is -2.60. The van der Waals surface area contributed by atoms with Gasteiger partial charge in [0.25, 0.3) is 0 Å². The monoisotopic (exact) mass is 233 g/mol. The van der Waals surface area contributed by atoms with E-state index >= 15 is 0 Å². The van der Waals surface area contributed by atoms with E-state index in [1.165, 1.54) is 5.56 Å². The summed E-state index contributed by atoms with van der Waals surface area (Å²) < 4.78 is 1.95. The molecule has 0 radical (unpaired) electrons. The standard InChI is InChI=1S/C15H11N3/c16-10-13-4-3-9-18(13)11-12-7-8-17-15-6-2-1-5-14(12)15/h1-9H,11H2. The van der Waals surface area contributed by atoms with E-state index in [1.54, 1.807) is 0 Å². The molecule has 0 atom stereocenters. The molecule has 2 aromatic heterocycles. The normalized spacial score (nSPS) is 10.4. The first kappa shape index (κ1) is 10.5. The molecule has 3 rings (SSSR count). The molecule has 3 nitrogen and oxygen atoms in total. The van der Waals surface area contributed by atoms with Crippen LogP contribution in [0.2, 0.25) is 0 Å². The Labute approximate surface area is 105 Å². The van der Waals surface area contributed by atoms with E-state index in [0.29, 0.717) is 12.2 Å². The molecular weight excluding hydrogens is 222 g/mol. The molecule has 0 unspecified atom stereocenters. The predicted molar refractivity (Wildman–Crippen MR) is 70.0 cm³/mol. The number of aromatic nitrogens is 2. The van der Waals surface area contributed by atoms with E-state index in [0.717, 1.165) is 10.9 Å².